The highest BCUT2D eigenvalue weighted by molar-refractivity contribution is 9.10. The lowest BCUT2D eigenvalue weighted by Crippen LogP contribution is -2.31. The first-order valence-electron chi connectivity index (χ1n) is 7.69. The van der Waals surface area contributed by atoms with E-state index >= 15 is 0 Å². The number of hydrogen-bond donors (Lipinski definition) is 0. The molecule has 1 fully saturated rings. The first-order chi connectivity index (χ1) is 11.6. The minimum absolute atomic E-state index is 0.162. The SMILES string of the molecule is O=C(c1cnn2cc(Br)cnc12)N1CCCC1c1ccccc1F. The Morgan fingerprint density at radius 3 is 2.96 bits per heavy atom. The Morgan fingerprint density at radius 2 is 2.12 bits per heavy atom. The molecule has 1 aliphatic heterocycles. The summed E-state index contributed by atoms with van der Waals surface area (Å²) in [7, 11) is 0. The average molecular weight is 389 g/mol. The molecule has 1 unspecified atom stereocenters. The van der Waals surface area contributed by atoms with Gasteiger partial charge >= 0.3 is 0 Å². The number of carbonyl (C=O) groups excluding carboxylic acids is 1. The van der Waals surface area contributed by atoms with Gasteiger partial charge in [-0.05, 0) is 34.8 Å². The second kappa shape index (κ2) is 5.98. The van der Waals surface area contributed by atoms with E-state index in [2.05, 4.69) is 26.0 Å². The second-order valence-electron chi connectivity index (χ2n) is 5.78. The van der Waals surface area contributed by atoms with E-state index in [0.717, 1.165) is 17.3 Å². The number of benzene rings is 1. The standard InChI is InChI=1S/C17H14BrFN4O/c18-11-8-20-16-13(9-21-23(16)10-11)17(24)22-7-3-6-15(22)12-4-1-2-5-14(12)19/h1-2,4-5,8-10,15H,3,6-7H2. The molecule has 3 aromatic rings. The van der Waals surface area contributed by atoms with Gasteiger partial charge in [-0.3, -0.25) is 4.79 Å². The molecule has 0 saturated carbocycles. The van der Waals surface area contributed by atoms with Crippen LogP contribution in [-0.4, -0.2) is 31.9 Å². The maximum Gasteiger partial charge on any atom is 0.259 e. The van der Waals surface area contributed by atoms with E-state index in [1.807, 2.05) is 0 Å². The number of rotatable bonds is 2. The predicted molar refractivity (Wildman–Crippen MR) is 90.1 cm³/mol. The summed E-state index contributed by atoms with van der Waals surface area (Å²) in [6, 6.07) is 6.40. The van der Waals surface area contributed by atoms with E-state index in [0.29, 0.717) is 23.3 Å². The highest BCUT2D eigenvalue weighted by Crippen LogP contribution is 2.34. The summed E-state index contributed by atoms with van der Waals surface area (Å²) >= 11 is 3.33. The van der Waals surface area contributed by atoms with Gasteiger partial charge < -0.3 is 4.90 Å². The van der Waals surface area contributed by atoms with E-state index in [-0.39, 0.29) is 17.8 Å². The van der Waals surface area contributed by atoms with Gasteiger partial charge in [0.05, 0.1) is 16.7 Å². The number of fused-ring (bicyclic) bond motifs is 1. The van der Waals surface area contributed by atoms with Crippen LogP contribution in [0.15, 0.2) is 47.3 Å². The number of hydrogen-bond acceptors (Lipinski definition) is 3. The molecule has 0 radical (unpaired) electrons. The van der Waals surface area contributed by atoms with E-state index in [9.17, 15) is 9.18 Å². The van der Waals surface area contributed by atoms with Crippen LogP contribution in [0.25, 0.3) is 5.65 Å². The summed E-state index contributed by atoms with van der Waals surface area (Å²) in [6.45, 7) is 0.603. The quantitative estimate of drug-likeness (QED) is 0.673. The van der Waals surface area contributed by atoms with Gasteiger partial charge in [0, 0.05) is 24.5 Å². The van der Waals surface area contributed by atoms with Gasteiger partial charge in [0.2, 0.25) is 0 Å². The molecule has 0 N–H and O–H groups in total. The Hall–Kier alpha value is -2.28. The van der Waals surface area contributed by atoms with Crippen molar-refractivity contribution in [2.45, 2.75) is 18.9 Å². The molecule has 0 bridgehead atoms. The summed E-state index contributed by atoms with van der Waals surface area (Å²) in [5, 5.41) is 4.19. The zero-order valence-corrected chi connectivity index (χ0v) is 14.3. The lowest BCUT2D eigenvalue weighted by Gasteiger charge is -2.25. The summed E-state index contributed by atoms with van der Waals surface area (Å²) in [6.07, 6.45) is 6.51. The third kappa shape index (κ3) is 2.49. The van der Waals surface area contributed by atoms with Crippen LogP contribution >= 0.6 is 15.9 Å². The van der Waals surface area contributed by atoms with Gasteiger partial charge in [-0.2, -0.15) is 5.10 Å². The molecule has 24 heavy (non-hydrogen) atoms. The summed E-state index contributed by atoms with van der Waals surface area (Å²) < 4.78 is 16.5. The van der Waals surface area contributed by atoms with Gasteiger partial charge in [0.25, 0.3) is 5.91 Å². The molecule has 3 heterocycles. The normalized spacial score (nSPS) is 17.6. The third-order valence-electron chi connectivity index (χ3n) is 4.33. The third-order valence-corrected chi connectivity index (χ3v) is 4.74. The Labute approximate surface area is 146 Å². The number of nitrogens with zero attached hydrogens (tertiary/aromatic N) is 4. The summed E-state index contributed by atoms with van der Waals surface area (Å²) in [5.41, 5.74) is 1.50. The minimum atomic E-state index is -0.274. The van der Waals surface area contributed by atoms with Crippen molar-refractivity contribution < 1.29 is 9.18 Å². The summed E-state index contributed by atoms with van der Waals surface area (Å²) in [4.78, 5) is 19.0. The largest absolute Gasteiger partial charge is 0.331 e. The van der Waals surface area contributed by atoms with Crippen LogP contribution in [0.4, 0.5) is 4.39 Å². The van der Waals surface area contributed by atoms with Crippen LogP contribution in [0, 0.1) is 5.82 Å². The maximum atomic E-state index is 14.1. The number of carbonyl (C=O) groups is 1. The number of amides is 1. The Bertz CT molecular complexity index is 926. The van der Waals surface area contributed by atoms with Crippen LogP contribution in [0.3, 0.4) is 0 Å². The highest BCUT2D eigenvalue weighted by Gasteiger charge is 2.33. The van der Waals surface area contributed by atoms with Crippen molar-refractivity contribution in [3.63, 3.8) is 0 Å². The van der Waals surface area contributed by atoms with Crippen LogP contribution in [0.2, 0.25) is 0 Å². The summed E-state index contributed by atoms with van der Waals surface area (Å²) in [5.74, 6) is -0.435. The molecule has 7 heteroatoms. The molecule has 5 nitrogen and oxygen atoms in total. The van der Waals surface area contributed by atoms with E-state index < -0.39 is 0 Å². The van der Waals surface area contributed by atoms with Crippen molar-refractivity contribution in [3.05, 3.63) is 64.3 Å². The van der Waals surface area contributed by atoms with E-state index in [4.69, 9.17) is 0 Å². The fourth-order valence-electron chi connectivity index (χ4n) is 3.24. The molecular formula is C17H14BrFN4O. The van der Waals surface area contributed by atoms with Crippen LogP contribution in [0.5, 0.6) is 0 Å². The minimum Gasteiger partial charge on any atom is -0.331 e. The van der Waals surface area contributed by atoms with Crippen LogP contribution in [0.1, 0.15) is 34.8 Å². The first kappa shape index (κ1) is 15.3. The Kier molecular flexibility index (Phi) is 3.80. The lowest BCUT2D eigenvalue weighted by molar-refractivity contribution is 0.0735. The molecule has 0 spiro atoms. The fraction of sp³-hybridized carbons (Fsp3) is 0.235. The van der Waals surface area contributed by atoms with Gasteiger partial charge in [0.15, 0.2) is 5.65 Å². The molecule has 1 amide bonds. The Balaban J connectivity index is 1.71. The molecule has 2 aromatic heterocycles. The molecule has 1 atom stereocenters. The number of aromatic nitrogens is 3. The van der Waals surface area contributed by atoms with Crippen LogP contribution in [-0.2, 0) is 0 Å². The van der Waals surface area contributed by atoms with Crippen molar-refractivity contribution in [2.75, 3.05) is 6.54 Å². The van der Waals surface area contributed by atoms with Crippen molar-refractivity contribution >= 4 is 27.5 Å². The molecule has 122 valence electrons. The van der Waals surface area contributed by atoms with E-state index in [1.54, 1.807) is 40.0 Å². The zero-order valence-electron chi connectivity index (χ0n) is 12.7. The van der Waals surface area contributed by atoms with Gasteiger partial charge in [-0.25, -0.2) is 13.9 Å². The first-order valence-corrected chi connectivity index (χ1v) is 8.49. The highest BCUT2D eigenvalue weighted by atomic mass is 79.9. The second-order valence-corrected chi connectivity index (χ2v) is 6.69. The lowest BCUT2D eigenvalue weighted by atomic mass is 10.0. The molecule has 4 rings (SSSR count). The predicted octanol–water partition coefficient (Wildman–Crippen LogP) is 3.61. The van der Waals surface area contributed by atoms with E-state index in [1.165, 1.54) is 12.3 Å². The monoisotopic (exact) mass is 388 g/mol. The smallest absolute Gasteiger partial charge is 0.259 e. The Morgan fingerprint density at radius 1 is 1.29 bits per heavy atom. The fourth-order valence-corrected chi connectivity index (χ4v) is 3.53. The van der Waals surface area contributed by atoms with Gasteiger partial charge in [0.1, 0.15) is 11.4 Å². The number of likely N-dealkylation sites (tertiary alicyclic amines) is 1. The van der Waals surface area contributed by atoms with Crippen LogP contribution < -0.4 is 0 Å². The van der Waals surface area contributed by atoms with Gasteiger partial charge in [-0.15, -0.1) is 0 Å². The van der Waals surface area contributed by atoms with Crippen molar-refractivity contribution in [3.8, 4) is 0 Å². The molecular weight excluding hydrogens is 375 g/mol. The number of halogens is 2. The molecule has 1 saturated heterocycles. The van der Waals surface area contributed by atoms with Crippen molar-refractivity contribution in [2.24, 2.45) is 0 Å². The van der Waals surface area contributed by atoms with Gasteiger partial charge in [-0.1, -0.05) is 18.2 Å². The molecule has 1 aliphatic rings. The van der Waals surface area contributed by atoms with Crippen molar-refractivity contribution in [1.82, 2.24) is 19.5 Å². The van der Waals surface area contributed by atoms with Crippen molar-refractivity contribution in [1.29, 1.82) is 0 Å². The molecule has 0 aliphatic carbocycles. The zero-order chi connectivity index (χ0) is 16.7. The topological polar surface area (TPSA) is 50.5 Å². The molecule has 1 aromatic carbocycles. The average Bonchev–Trinajstić information content (AvgIpc) is 3.21. The maximum absolute atomic E-state index is 14.1.